The third-order valence-electron chi connectivity index (χ3n) is 3.38. The van der Waals surface area contributed by atoms with Crippen LogP contribution in [0.5, 0.6) is 5.75 Å². The minimum absolute atomic E-state index is 0.0722. The molecule has 1 aromatic heterocycles. The van der Waals surface area contributed by atoms with Gasteiger partial charge in [-0.05, 0) is 0 Å². The first-order valence-corrected chi connectivity index (χ1v) is 7.90. The molecule has 0 saturated carbocycles. The summed E-state index contributed by atoms with van der Waals surface area (Å²) >= 11 is -0.0722. The van der Waals surface area contributed by atoms with Gasteiger partial charge >= 0.3 is 121 Å². The van der Waals surface area contributed by atoms with E-state index in [1.54, 1.807) is 6.07 Å². The number of Topliss-reactive ketones (excluding diaryl/α,β-unsaturated/α-hetero) is 1. The Kier molecular flexibility index (Phi) is 2.43. The quantitative estimate of drug-likeness (QED) is 0.699. The Hall–Kier alpha value is -2.16. The molecule has 0 unspecified atom stereocenters. The molecule has 0 spiro atoms. The standard InChI is InChI=1S/C16H9NO2Se/c18-14-9-5-1-3-7-11(9)17-13(14)16-15(19)10-6-2-4-8-12(10)20-16/h1-8,19H. The van der Waals surface area contributed by atoms with Crippen LogP contribution in [0.3, 0.4) is 0 Å². The third-order valence-corrected chi connectivity index (χ3v) is 5.83. The Labute approximate surface area is 121 Å². The summed E-state index contributed by atoms with van der Waals surface area (Å²) in [4.78, 5) is 16.8. The second kappa shape index (κ2) is 4.17. The zero-order valence-electron chi connectivity index (χ0n) is 10.3. The van der Waals surface area contributed by atoms with E-state index < -0.39 is 0 Å². The fourth-order valence-electron chi connectivity index (χ4n) is 2.41. The summed E-state index contributed by atoms with van der Waals surface area (Å²) in [5, 5.41) is 11.2. The second-order valence-electron chi connectivity index (χ2n) is 4.58. The molecule has 1 aliphatic rings. The number of nitrogens with zero attached hydrogens (tertiary/aromatic N) is 1. The molecular formula is C16H9NO2Se. The Balaban J connectivity index is 1.94. The van der Waals surface area contributed by atoms with E-state index in [1.165, 1.54) is 0 Å². The van der Waals surface area contributed by atoms with Crippen molar-refractivity contribution in [1.82, 2.24) is 0 Å². The van der Waals surface area contributed by atoms with Crippen LogP contribution in [0.15, 0.2) is 53.5 Å². The van der Waals surface area contributed by atoms with Gasteiger partial charge in [0.25, 0.3) is 0 Å². The van der Waals surface area contributed by atoms with Gasteiger partial charge < -0.3 is 0 Å². The van der Waals surface area contributed by atoms with Gasteiger partial charge in [0, 0.05) is 0 Å². The molecule has 3 nitrogen and oxygen atoms in total. The van der Waals surface area contributed by atoms with Gasteiger partial charge in [-0.25, -0.2) is 0 Å². The van der Waals surface area contributed by atoms with Gasteiger partial charge in [-0.2, -0.15) is 0 Å². The number of carbonyl (C=O) groups is 1. The Morgan fingerprint density at radius 2 is 1.75 bits per heavy atom. The van der Waals surface area contributed by atoms with Crippen molar-refractivity contribution in [2.75, 3.05) is 0 Å². The van der Waals surface area contributed by atoms with Gasteiger partial charge in [0.2, 0.25) is 0 Å². The van der Waals surface area contributed by atoms with Crippen LogP contribution in [0, 0.1) is 0 Å². The molecule has 4 rings (SSSR count). The van der Waals surface area contributed by atoms with E-state index in [1.807, 2.05) is 42.5 Å². The normalized spacial score (nSPS) is 13.6. The van der Waals surface area contributed by atoms with Crippen molar-refractivity contribution in [3.05, 3.63) is 58.5 Å². The average Bonchev–Trinajstić information content (AvgIpc) is 2.98. The van der Waals surface area contributed by atoms with Gasteiger partial charge in [0.1, 0.15) is 0 Å². The fourth-order valence-corrected chi connectivity index (χ4v) is 4.68. The van der Waals surface area contributed by atoms with E-state index in [0.717, 1.165) is 9.65 Å². The number of aromatic hydroxyl groups is 1. The van der Waals surface area contributed by atoms with Crippen LogP contribution in [0.25, 0.3) is 9.65 Å². The maximum absolute atomic E-state index is 12.4. The van der Waals surface area contributed by atoms with Gasteiger partial charge in [0.05, 0.1) is 0 Å². The van der Waals surface area contributed by atoms with Crippen LogP contribution in [0.2, 0.25) is 0 Å². The molecule has 0 radical (unpaired) electrons. The van der Waals surface area contributed by atoms with Crippen molar-refractivity contribution in [3.8, 4) is 5.75 Å². The molecule has 1 aliphatic heterocycles. The number of ketones is 1. The van der Waals surface area contributed by atoms with Crippen LogP contribution in [0.4, 0.5) is 5.69 Å². The summed E-state index contributed by atoms with van der Waals surface area (Å²) in [5.74, 6) is 0.123. The van der Waals surface area contributed by atoms with Crippen LogP contribution >= 0.6 is 0 Å². The van der Waals surface area contributed by atoms with E-state index >= 15 is 0 Å². The number of aliphatic imine (C=N–C) groups is 1. The number of carbonyl (C=O) groups excluding carboxylic acids is 1. The van der Waals surface area contributed by atoms with Crippen molar-refractivity contribution in [2.45, 2.75) is 0 Å². The SMILES string of the molecule is O=C1C(c2[se]c3ccccc3c2O)=Nc2ccccc21. The molecule has 20 heavy (non-hydrogen) atoms. The van der Waals surface area contributed by atoms with Crippen molar-refractivity contribution in [2.24, 2.45) is 4.99 Å². The van der Waals surface area contributed by atoms with E-state index in [0.29, 0.717) is 21.4 Å². The molecular weight excluding hydrogens is 317 g/mol. The number of rotatable bonds is 1. The molecule has 3 aromatic rings. The zero-order chi connectivity index (χ0) is 13.7. The van der Waals surface area contributed by atoms with Crippen LogP contribution in [0.1, 0.15) is 14.8 Å². The molecule has 2 aromatic carbocycles. The maximum atomic E-state index is 12.4. The minimum atomic E-state index is -0.0863. The predicted molar refractivity (Wildman–Crippen MR) is 79.5 cm³/mol. The molecule has 2 heterocycles. The van der Waals surface area contributed by atoms with E-state index in [9.17, 15) is 9.90 Å². The van der Waals surface area contributed by atoms with E-state index in [4.69, 9.17) is 0 Å². The fraction of sp³-hybridized carbons (Fsp3) is 0. The summed E-state index contributed by atoms with van der Waals surface area (Å²) in [7, 11) is 0. The topological polar surface area (TPSA) is 49.7 Å². The van der Waals surface area contributed by atoms with Gasteiger partial charge in [-0.3, -0.25) is 0 Å². The van der Waals surface area contributed by atoms with E-state index in [-0.39, 0.29) is 26.0 Å². The number of benzene rings is 2. The van der Waals surface area contributed by atoms with Crippen molar-refractivity contribution >= 4 is 41.3 Å². The summed E-state index contributed by atoms with van der Waals surface area (Å²) in [6.07, 6.45) is 0. The average molecular weight is 326 g/mol. The molecule has 0 aliphatic carbocycles. The van der Waals surface area contributed by atoms with Gasteiger partial charge in [-0.1, -0.05) is 0 Å². The first kappa shape index (κ1) is 11.6. The van der Waals surface area contributed by atoms with Gasteiger partial charge in [0.15, 0.2) is 0 Å². The third kappa shape index (κ3) is 1.52. The number of hydrogen-bond acceptors (Lipinski definition) is 3. The molecule has 0 saturated heterocycles. The summed E-state index contributed by atoms with van der Waals surface area (Å²) in [6.45, 7) is 0. The number of fused-ring (bicyclic) bond motifs is 2. The number of hydrogen-bond donors (Lipinski definition) is 1. The monoisotopic (exact) mass is 327 g/mol. The first-order chi connectivity index (χ1) is 9.75. The Morgan fingerprint density at radius 3 is 2.55 bits per heavy atom. The second-order valence-corrected chi connectivity index (χ2v) is 6.79. The Morgan fingerprint density at radius 1 is 1.00 bits per heavy atom. The van der Waals surface area contributed by atoms with Crippen molar-refractivity contribution < 1.29 is 9.90 Å². The molecule has 4 heteroatoms. The van der Waals surface area contributed by atoms with Crippen LogP contribution in [-0.2, 0) is 0 Å². The molecule has 0 atom stereocenters. The molecule has 0 bridgehead atoms. The molecule has 96 valence electrons. The Bertz CT molecular complexity index is 892. The van der Waals surface area contributed by atoms with Crippen molar-refractivity contribution in [3.63, 3.8) is 0 Å². The molecule has 1 N–H and O–H groups in total. The molecule has 0 fully saturated rings. The van der Waals surface area contributed by atoms with Crippen LogP contribution < -0.4 is 0 Å². The van der Waals surface area contributed by atoms with Crippen LogP contribution in [-0.4, -0.2) is 31.1 Å². The molecule has 0 amide bonds. The summed E-state index contributed by atoms with van der Waals surface area (Å²) in [5.41, 5.74) is 1.72. The predicted octanol–water partition coefficient (Wildman–Crippen LogP) is 2.92. The number of para-hydroxylation sites is 1. The first-order valence-electron chi connectivity index (χ1n) is 6.19. The van der Waals surface area contributed by atoms with E-state index in [2.05, 4.69) is 4.99 Å². The van der Waals surface area contributed by atoms with Gasteiger partial charge in [-0.15, -0.1) is 0 Å². The summed E-state index contributed by atoms with van der Waals surface area (Å²) < 4.78 is 1.79. The van der Waals surface area contributed by atoms with Crippen molar-refractivity contribution in [1.29, 1.82) is 0 Å². The summed E-state index contributed by atoms with van der Waals surface area (Å²) in [6, 6.07) is 15.0. The zero-order valence-corrected chi connectivity index (χ0v) is 12.0.